The summed E-state index contributed by atoms with van der Waals surface area (Å²) in [4.78, 5) is 0. The zero-order valence-corrected chi connectivity index (χ0v) is 11.2. The van der Waals surface area contributed by atoms with E-state index in [4.69, 9.17) is 4.74 Å². The van der Waals surface area contributed by atoms with Gasteiger partial charge in [0.25, 0.3) is 0 Å². The van der Waals surface area contributed by atoms with E-state index in [-0.39, 0.29) is 0 Å². The Morgan fingerprint density at radius 1 is 1.17 bits per heavy atom. The first-order chi connectivity index (χ1) is 8.41. The summed E-state index contributed by atoms with van der Waals surface area (Å²) in [7, 11) is -2.66. The second-order valence-electron chi connectivity index (χ2n) is 3.36. The van der Waals surface area contributed by atoms with Gasteiger partial charge in [-0.2, -0.15) is 8.78 Å². The van der Waals surface area contributed by atoms with Crippen LogP contribution in [-0.2, 0) is 19.3 Å². The summed E-state index contributed by atoms with van der Waals surface area (Å²) in [6.45, 7) is 2.22. The van der Waals surface area contributed by atoms with Crippen molar-refractivity contribution in [2.45, 2.75) is 12.6 Å². The average molecular weight is 280 g/mol. The van der Waals surface area contributed by atoms with E-state index in [1.165, 1.54) is 12.1 Å². The van der Waals surface area contributed by atoms with E-state index in [0.717, 1.165) is 26.4 Å². The Bertz CT molecular complexity index is 425. The number of hydrogen-bond acceptors (Lipinski definition) is 4. The van der Waals surface area contributed by atoms with Crippen LogP contribution in [0.4, 0.5) is 8.78 Å². The molecule has 0 spiro atoms. The first-order valence-corrected chi connectivity index (χ1v) is 6.78. The summed E-state index contributed by atoms with van der Waals surface area (Å²) >= 11 is 0. The molecule has 0 radical (unpaired) electrons. The minimum atomic E-state index is -4.51. The van der Waals surface area contributed by atoms with Crippen molar-refractivity contribution >= 4 is 7.60 Å². The smallest absolute Gasteiger partial charge is 0.403 e. The lowest BCUT2D eigenvalue weighted by molar-refractivity contribution is 0.0453. The number of alkyl halides is 2. The van der Waals surface area contributed by atoms with Gasteiger partial charge in [-0.15, -0.1) is 0 Å². The van der Waals surface area contributed by atoms with Gasteiger partial charge in [0.1, 0.15) is 5.75 Å². The molecule has 1 aromatic carbocycles. The molecule has 0 N–H and O–H groups in total. The monoisotopic (exact) mass is 280 g/mol. The third-order valence-electron chi connectivity index (χ3n) is 2.34. The van der Waals surface area contributed by atoms with Crippen LogP contribution >= 0.6 is 7.60 Å². The molecule has 0 atom stereocenters. The van der Waals surface area contributed by atoms with Crippen LogP contribution in [0.1, 0.15) is 12.5 Å². The highest BCUT2D eigenvalue weighted by molar-refractivity contribution is 7.54. The van der Waals surface area contributed by atoms with Gasteiger partial charge in [0, 0.05) is 19.8 Å². The molecule has 0 saturated carbocycles. The average Bonchev–Trinajstić information content (AvgIpc) is 2.38. The molecule has 0 heterocycles. The fourth-order valence-corrected chi connectivity index (χ4v) is 2.45. The van der Waals surface area contributed by atoms with Crippen LogP contribution in [0.3, 0.4) is 0 Å². The highest BCUT2D eigenvalue weighted by Gasteiger charge is 2.53. The van der Waals surface area contributed by atoms with Crippen LogP contribution < -0.4 is 4.74 Å². The number of rotatable bonds is 6. The minimum absolute atomic E-state index is 0.435. The Morgan fingerprint density at radius 2 is 1.67 bits per heavy atom. The van der Waals surface area contributed by atoms with Crippen LogP contribution in [0, 0.1) is 0 Å². The van der Waals surface area contributed by atoms with Crippen molar-refractivity contribution in [2.24, 2.45) is 0 Å². The predicted octanol–water partition coefficient (Wildman–Crippen LogP) is 3.62. The fraction of sp³-hybridized carbons (Fsp3) is 0.455. The maximum atomic E-state index is 14.0. The Labute approximate surface area is 104 Å². The van der Waals surface area contributed by atoms with Crippen molar-refractivity contribution in [3.63, 3.8) is 0 Å². The number of halogens is 2. The van der Waals surface area contributed by atoms with E-state index < -0.39 is 18.8 Å². The molecular weight excluding hydrogens is 265 g/mol. The molecule has 0 amide bonds. The van der Waals surface area contributed by atoms with Crippen molar-refractivity contribution in [3.8, 4) is 5.75 Å². The SMILES string of the molecule is CCOc1ccc(C(F)(F)P(=O)(OC)OC)cc1. The van der Waals surface area contributed by atoms with Gasteiger partial charge >= 0.3 is 13.3 Å². The summed E-state index contributed by atoms with van der Waals surface area (Å²) in [6, 6.07) is 5.02. The van der Waals surface area contributed by atoms with Crippen LogP contribution in [0.15, 0.2) is 24.3 Å². The third-order valence-corrected chi connectivity index (χ3v) is 4.24. The molecule has 1 aromatic rings. The highest BCUT2D eigenvalue weighted by Crippen LogP contribution is 2.65. The van der Waals surface area contributed by atoms with Crippen LogP contribution in [0.25, 0.3) is 0 Å². The first kappa shape index (κ1) is 15.1. The third kappa shape index (κ3) is 2.71. The largest absolute Gasteiger partial charge is 0.494 e. The normalized spacial score (nSPS) is 12.5. The zero-order chi connectivity index (χ0) is 13.8. The lowest BCUT2D eigenvalue weighted by Gasteiger charge is -2.23. The predicted molar refractivity (Wildman–Crippen MR) is 63.1 cm³/mol. The summed E-state index contributed by atoms with van der Waals surface area (Å²) in [6.07, 6.45) is 0. The molecular formula is C11H15F2O4P. The standard InChI is InChI=1S/C11H15F2O4P/c1-4-17-10-7-5-9(6-8-10)11(12,13)18(14,15-2)16-3/h5-8H,4H2,1-3H3. The van der Waals surface area contributed by atoms with E-state index in [9.17, 15) is 13.3 Å². The molecule has 0 bridgehead atoms. The molecule has 0 aromatic heterocycles. The van der Waals surface area contributed by atoms with Crippen molar-refractivity contribution in [2.75, 3.05) is 20.8 Å². The van der Waals surface area contributed by atoms with Crippen LogP contribution in [0.5, 0.6) is 5.75 Å². The summed E-state index contributed by atoms with van der Waals surface area (Å²) < 4.78 is 53.5. The van der Waals surface area contributed by atoms with E-state index in [2.05, 4.69) is 9.05 Å². The van der Waals surface area contributed by atoms with E-state index >= 15 is 0 Å². The lowest BCUT2D eigenvalue weighted by Crippen LogP contribution is -2.16. The van der Waals surface area contributed by atoms with Gasteiger partial charge in [-0.05, 0) is 31.2 Å². The Kier molecular flexibility index (Phi) is 4.85. The molecule has 0 aliphatic heterocycles. The lowest BCUT2D eigenvalue weighted by atomic mass is 10.2. The number of ether oxygens (including phenoxy) is 1. The maximum Gasteiger partial charge on any atom is 0.403 e. The Hall–Kier alpha value is -0.970. The number of benzene rings is 1. The topological polar surface area (TPSA) is 44.8 Å². The molecule has 1 rings (SSSR count). The summed E-state index contributed by atoms with van der Waals surface area (Å²) in [5, 5.41) is 0. The number of hydrogen-bond donors (Lipinski definition) is 0. The van der Waals surface area contributed by atoms with Gasteiger partial charge in [-0.3, -0.25) is 4.57 Å². The van der Waals surface area contributed by atoms with Gasteiger partial charge in [-0.1, -0.05) is 0 Å². The van der Waals surface area contributed by atoms with Crippen LogP contribution in [-0.4, -0.2) is 20.8 Å². The molecule has 0 aliphatic carbocycles. The molecule has 0 unspecified atom stereocenters. The van der Waals surface area contributed by atoms with Crippen molar-refractivity contribution in [1.29, 1.82) is 0 Å². The van der Waals surface area contributed by atoms with Crippen molar-refractivity contribution in [1.82, 2.24) is 0 Å². The molecule has 102 valence electrons. The van der Waals surface area contributed by atoms with Gasteiger partial charge in [0.2, 0.25) is 0 Å². The zero-order valence-electron chi connectivity index (χ0n) is 10.4. The van der Waals surface area contributed by atoms with Crippen molar-refractivity contribution < 1.29 is 27.1 Å². The van der Waals surface area contributed by atoms with E-state index in [1.54, 1.807) is 6.92 Å². The van der Waals surface area contributed by atoms with Gasteiger partial charge in [0.15, 0.2) is 0 Å². The second-order valence-corrected chi connectivity index (χ2v) is 5.65. The van der Waals surface area contributed by atoms with E-state index in [0.29, 0.717) is 12.4 Å². The highest BCUT2D eigenvalue weighted by atomic mass is 31.2. The molecule has 0 aliphatic rings. The molecule has 18 heavy (non-hydrogen) atoms. The first-order valence-electron chi connectivity index (χ1n) is 5.24. The van der Waals surface area contributed by atoms with Crippen LogP contribution in [0.2, 0.25) is 0 Å². The maximum absolute atomic E-state index is 14.0. The van der Waals surface area contributed by atoms with Gasteiger partial charge < -0.3 is 13.8 Å². The fourth-order valence-electron chi connectivity index (χ4n) is 1.38. The molecule has 0 saturated heterocycles. The molecule has 4 nitrogen and oxygen atoms in total. The Balaban J connectivity index is 3.08. The second kappa shape index (κ2) is 5.78. The van der Waals surface area contributed by atoms with Gasteiger partial charge in [0.05, 0.1) is 6.61 Å². The molecule has 0 fully saturated rings. The van der Waals surface area contributed by atoms with Crippen molar-refractivity contribution in [3.05, 3.63) is 29.8 Å². The molecule has 7 heteroatoms. The summed E-state index contributed by atoms with van der Waals surface area (Å²) in [5.41, 5.74) is -4.15. The summed E-state index contributed by atoms with van der Waals surface area (Å²) in [5.74, 6) is 0.460. The van der Waals surface area contributed by atoms with Gasteiger partial charge in [-0.25, -0.2) is 0 Å². The minimum Gasteiger partial charge on any atom is -0.494 e. The van der Waals surface area contributed by atoms with E-state index in [1.807, 2.05) is 0 Å². The quantitative estimate of drug-likeness (QED) is 0.746. The Morgan fingerprint density at radius 3 is 2.06 bits per heavy atom.